The van der Waals surface area contributed by atoms with Crippen molar-refractivity contribution in [3.8, 4) is 0 Å². The molecule has 0 aliphatic rings. The average Bonchev–Trinajstić information content (AvgIpc) is 2.57. The number of carbonyl (C=O) groups excluding carboxylic acids is 1. The number of hydrogen-bond donors (Lipinski definition) is 0. The van der Waals surface area contributed by atoms with E-state index in [4.69, 9.17) is 0 Å². The molecule has 0 aromatic heterocycles. The van der Waals surface area contributed by atoms with Gasteiger partial charge in [-0.05, 0) is 24.3 Å². The Labute approximate surface area is 146 Å². The third kappa shape index (κ3) is 4.26. The quantitative estimate of drug-likeness (QED) is 0.417. The van der Waals surface area contributed by atoms with Crippen LogP contribution in [-0.4, -0.2) is 22.3 Å². The number of benzene rings is 2. The summed E-state index contributed by atoms with van der Waals surface area (Å²) < 4.78 is 14.6. The molecule has 0 aliphatic carbocycles. The molecule has 0 saturated heterocycles. The molecule has 124 valence electrons. The van der Waals surface area contributed by atoms with E-state index in [2.05, 4.69) is 22.5 Å². The first-order valence-corrected chi connectivity index (χ1v) is 7.80. The highest BCUT2D eigenvalue weighted by Crippen LogP contribution is 2.20. The first-order valence-electron chi connectivity index (χ1n) is 7.01. The largest absolute Gasteiger partial charge is 0.330 e. The molecule has 2 rings (SSSR count). The normalized spacial score (nSPS) is 10.2. The highest BCUT2D eigenvalue weighted by Gasteiger charge is 2.19. The summed E-state index contributed by atoms with van der Waals surface area (Å²) in [5.41, 5.74) is 0.333. The minimum atomic E-state index is -0.567. The van der Waals surface area contributed by atoms with Crippen LogP contribution in [-0.2, 0) is 6.54 Å². The van der Waals surface area contributed by atoms with Crippen LogP contribution in [0.25, 0.3) is 0 Å². The lowest BCUT2D eigenvalue weighted by molar-refractivity contribution is -0.384. The molecular formula is C17H14BrFN2O3. The van der Waals surface area contributed by atoms with E-state index < -0.39 is 16.6 Å². The molecule has 0 fully saturated rings. The van der Waals surface area contributed by atoms with Gasteiger partial charge in [0.25, 0.3) is 11.6 Å². The second-order valence-corrected chi connectivity index (χ2v) is 5.93. The van der Waals surface area contributed by atoms with E-state index in [-0.39, 0.29) is 24.3 Å². The van der Waals surface area contributed by atoms with Gasteiger partial charge in [0, 0.05) is 40.8 Å². The van der Waals surface area contributed by atoms with Gasteiger partial charge in [0.05, 0.1) is 4.92 Å². The number of amides is 1. The number of non-ortho nitro benzene ring substituents is 1. The fourth-order valence-electron chi connectivity index (χ4n) is 2.18. The molecule has 1 amide bonds. The van der Waals surface area contributed by atoms with Crippen molar-refractivity contribution in [1.29, 1.82) is 0 Å². The molecule has 0 heterocycles. The summed E-state index contributed by atoms with van der Waals surface area (Å²) in [5, 5.41) is 10.9. The minimum Gasteiger partial charge on any atom is -0.330 e. The van der Waals surface area contributed by atoms with Crippen LogP contribution in [0, 0.1) is 15.9 Å². The van der Waals surface area contributed by atoms with Gasteiger partial charge in [-0.3, -0.25) is 14.9 Å². The number of halogens is 2. The van der Waals surface area contributed by atoms with Gasteiger partial charge in [-0.15, -0.1) is 6.58 Å². The third-order valence-electron chi connectivity index (χ3n) is 3.31. The highest BCUT2D eigenvalue weighted by atomic mass is 79.9. The fourth-order valence-corrected chi connectivity index (χ4v) is 2.59. The van der Waals surface area contributed by atoms with Crippen molar-refractivity contribution < 1.29 is 14.1 Å². The molecule has 0 bridgehead atoms. The Morgan fingerprint density at radius 2 is 2.08 bits per heavy atom. The average molecular weight is 393 g/mol. The van der Waals surface area contributed by atoms with Crippen LogP contribution in [0.5, 0.6) is 0 Å². The van der Waals surface area contributed by atoms with Crippen LogP contribution in [0.1, 0.15) is 15.9 Å². The summed E-state index contributed by atoms with van der Waals surface area (Å²) in [6, 6.07) is 9.91. The van der Waals surface area contributed by atoms with Crippen molar-refractivity contribution in [1.82, 2.24) is 4.90 Å². The zero-order valence-electron chi connectivity index (χ0n) is 12.6. The van der Waals surface area contributed by atoms with Gasteiger partial charge in [0.15, 0.2) is 0 Å². The summed E-state index contributed by atoms with van der Waals surface area (Å²) in [7, 11) is 0. The zero-order valence-corrected chi connectivity index (χ0v) is 14.2. The maximum Gasteiger partial charge on any atom is 0.270 e. The molecule has 0 radical (unpaired) electrons. The summed E-state index contributed by atoms with van der Waals surface area (Å²) in [5.74, 6) is -0.864. The number of nitro groups is 1. The molecule has 7 heteroatoms. The number of nitrogens with zero attached hydrogens (tertiary/aromatic N) is 2. The van der Waals surface area contributed by atoms with Crippen LogP contribution < -0.4 is 0 Å². The summed E-state index contributed by atoms with van der Waals surface area (Å²) in [6.07, 6.45) is 1.52. The van der Waals surface area contributed by atoms with Crippen molar-refractivity contribution in [3.05, 3.63) is 86.7 Å². The molecule has 0 atom stereocenters. The third-order valence-corrected chi connectivity index (χ3v) is 3.80. The topological polar surface area (TPSA) is 63.5 Å². The molecule has 2 aromatic carbocycles. The predicted molar refractivity (Wildman–Crippen MR) is 92.1 cm³/mol. The van der Waals surface area contributed by atoms with E-state index in [1.807, 2.05) is 0 Å². The lowest BCUT2D eigenvalue weighted by Crippen LogP contribution is -2.31. The Kier molecular flexibility index (Phi) is 5.81. The Hall–Kier alpha value is -2.54. The minimum absolute atomic E-state index is 0.0266. The number of rotatable bonds is 6. The van der Waals surface area contributed by atoms with E-state index in [0.717, 1.165) is 0 Å². The van der Waals surface area contributed by atoms with Crippen molar-refractivity contribution in [3.63, 3.8) is 0 Å². The Morgan fingerprint density at radius 1 is 1.33 bits per heavy atom. The SMILES string of the molecule is C=CCN(Cc1cc(Br)ccc1F)C(=O)c1cccc([N+](=O)[O-])c1. The van der Waals surface area contributed by atoms with Gasteiger partial charge in [-0.2, -0.15) is 0 Å². The molecule has 5 nitrogen and oxygen atoms in total. The Bertz CT molecular complexity index is 795. The van der Waals surface area contributed by atoms with Gasteiger partial charge in [-0.25, -0.2) is 4.39 Å². The molecular weight excluding hydrogens is 379 g/mol. The van der Waals surface area contributed by atoms with E-state index in [0.29, 0.717) is 10.0 Å². The van der Waals surface area contributed by atoms with Crippen LogP contribution in [0.15, 0.2) is 59.6 Å². The van der Waals surface area contributed by atoms with Crippen LogP contribution >= 0.6 is 15.9 Å². The van der Waals surface area contributed by atoms with Crippen LogP contribution in [0.4, 0.5) is 10.1 Å². The maximum atomic E-state index is 13.9. The maximum absolute atomic E-state index is 13.9. The first-order chi connectivity index (χ1) is 11.4. The Morgan fingerprint density at radius 3 is 2.75 bits per heavy atom. The van der Waals surface area contributed by atoms with Crippen molar-refractivity contribution in [2.24, 2.45) is 0 Å². The molecule has 0 unspecified atom stereocenters. The summed E-state index contributed by atoms with van der Waals surface area (Å²) in [6.45, 7) is 3.81. The second-order valence-electron chi connectivity index (χ2n) is 5.02. The van der Waals surface area contributed by atoms with Crippen molar-refractivity contribution in [2.75, 3.05) is 6.54 Å². The van der Waals surface area contributed by atoms with Gasteiger partial charge < -0.3 is 4.90 Å². The van der Waals surface area contributed by atoms with Crippen molar-refractivity contribution in [2.45, 2.75) is 6.54 Å². The number of hydrogen-bond acceptors (Lipinski definition) is 3. The highest BCUT2D eigenvalue weighted by molar-refractivity contribution is 9.10. The van der Waals surface area contributed by atoms with Gasteiger partial charge in [-0.1, -0.05) is 28.1 Å². The lowest BCUT2D eigenvalue weighted by Gasteiger charge is -2.21. The van der Waals surface area contributed by atoms with Gasteiger partial charge >= 0.3 is 0 Å². The Balaban J connectivity index is 2.31. The van der Waals surface area contributed by atoms with E-state index in [9.17, 15) is 19.3 Å². The fraction of sp³-hybridized carbons (Fsp3) is 0.118. The van der Waals surface area contributed by atoms with Gasteiger partial charge in [0.2, 0.25) is 0 Å². The molecule has 0 N–H and O–H groups in total. The molecule has 0 saturated carbocycles. The van der Waals surface area contributed by atoms with Crippen LogP contribution in [0.2, 0.25) is 0 Å². The molecule has 2 aromatic rings. The number of nitro benzene ring substituents is 1. The monoisotopic (exact) mass is 392 g/mol. The zero-order chi connectivity index (χ0) is 17.7. The molecule has 0 aliphatic heterocycles. The van der Waals surface area contributed by atoms with Crippen LogP contribution in [0.3, 0.4) is 0 Å². The van der Waals surface area contributed by atoms with E-state index >= 15 is 0 Å². The van der Waals surface area contributed by atoms with Gasteiger partial charge in [0.1, 0.15) is 5.82 Å². The molecule has 24 heavy (non-hydrogen) atoms. The van der Waals surface area contributed by atoms with E-state index in [1.165, 1.54) is 41.3 Å². The summed E-state index contributed by atoms with van der Waals surface area (Å²) >= 11 is 3.27. The predicted octanol–water partition coefficient (Wildman–Crippen LogP) is 4.32. The molecule has 0 spiro atoms. The number of carbonyl (C=O) groups is 1. The standard InChI is InChI=1S/C17H14BrFN2O3/c1-2-8-20(11-13-9-14(18)6-7-16(13)19)17(22)12-4-3-5-15(10-12)21(23)24/h2-7,9-10H,1,8,11H2. The second kappa shape index (κ2) is 7.83. The smallest absolute Gasteiger partial charge is 0.270 e. The van der Waals surface area contributed by atoms with E-state index in [1.54, 1.807) is 12.1 Å². The summed E-state index contributed by atoms with van der Waals surface area (Å²) in [4.78, 5) is 24.3. The first kappa shape index (κ1) is 17.8. The lowest BCUT2D eigenvalue weighted by atomic mass is 10.1. The van der Waals surface area contributed by atoms with Crippen molar-refractivity contribution >= 4 is 27.5 Å².